The molecule has 0 amide bonds. The van der Waals surface area contributed by atoms with E-state index in [2.05, 4.69) is 65.7 Å². The third kappa shape index (κ3) is 1.65. The first-order valence-corrected chi connectivity index (χ1v) is 5.67. The van der Waals surface area contributed by atoms with Gasteiger partial charge in [0.25, 0.3) is 0 Å². The zero-order valence-corrected chi connectivity index (χ0v) is 9.06. The average Bonchev–Trinajstić information content (AvgIpc) is 2.39. The molecule has 0 radical (unpaired) electrons. The van der Waals surface area contributed by atoms with E-state index in [1.54, 1.807) is 0 Å². The van der Waals surface area contributed by atoms with Gasteiger partial charge >= 0.3 is 0 Å². The minimum Gasteiger partial charge on any atom is -0.234 e. The van der Waals surface area contributed by atoms with E-state index in [4.69, 9.17) is 0 Å². The lowest BCUT2D eigenvalue weighted by Crippen LogP contribution is -2.82. The van der Waals surface area contributed by atoms with Crippen LogP contribution in [0.3, 0.4) is 0 Å². The molecular weight excluding hydrogens is 194 g/mol. The summed E-state index contributed by atoms with van der Waals surface area (Å²) >= 11 is 0. The molecule has 0 saturated carbocycles. The molecule has 1 heterocycles. The lowest BCUT2D eigenvalue weighted by atomic mass is 10.0. The van der Waals surface area contributed by atoms with Gasteiger partial charge in [0.15, 0.2) is 6.04 Å². The maximum absolute atomic E-state index is 3.58. The Hall–Kier alpha value is -1.89. The van der Waals surface area contributed by atoms with Gasteiger partial charge in [0.2, 0.25) is 5.36 Å². The minimum atomic E-state index is 0.413. The number of hydrogen-bond donors (Lipinski definition) is 1. The van der Waals surface area contributed by atoms with Crippen LogP contribution in [0.2, 0.25) is 0 Å². The zero-order chi connectivity index (χ0) is 10.8. The van der Waals surface area contributed by atoms with Crippen molar-refractivity contribution in [2.75, 3.05) is 0 Å². The molecular formula is C15H14N+. The Morgan fingerprint density at radius 2 is 1.62 bits per heavy atom. The van der Waals surface area contributed by atoms with Crippen molar-refractivity contribution >= 4 is 6.08 Å². The molecule has 1 atom stereocenters. The second kappa shape index (κ2) is 3.93. The van der Waals surface area contributed by atoms with Crippen LogP contribution in [0.5, 0.6) is 0 Å². The molecule has 1 N–H and O–H groups in total. The molecule has 2 aromatic carbocycles. The normalized spacial score (nSPS) is 18.1. The largest absolute Gasteiger partial charge is 0.234 e. The SMILES string of the molecule is C1=c2ccccc2=[NH+][C@H](c2ccccc2)C1. The van der Waals surface area contributed by atoms with Crippen LogP contribution in [0.4, 0.5) is 0 Å². The summed E-state index contributed by atoms with van der Waals surface area (Å²) in [7, 11) is 0. The first-order valence-electron chi connectivity index (χ1n) is 5.67. The van der Waals surface area contributed by atoms with E-state index in [9.17, 15) is 0 Å². The second-order valence-corrected chi connectivity index (χ2v) is 4.13. The van der Waals surface area contributed by atoms with Gasteiger partial charge in [0.05, 0.1) is 0 Å². The van der Waals surface area contributed by atoms with Crippen molar-refractivity contribution in [1.82, 2.24) is 0 Å². The second-order valence-electron chi connectivity index (χ2n) is 4.13. The monoisotopic (exact) mass is 208 g/mol. The molecule has 1 aliphatic heterocycles. The summed E-state index contributed by atoms with van der Waals surface area (Å²) in [5.41, 5.74) is 1.35. The molecule has 0 aliphatic carbocycles. The Morgan fingerprint density at radius 1 is 0.875 bits per heavy atom. The van der Waals surface area contributed by atoms with Crippen molar-refractivity contribution in [3.63, 3.8) is 0 Å². The first kappa shape index (κ1) is 9.34. The van der Waals surface area contributed by atoms with E-state index in [0.717, 1.165) is 6.42 Å². The topological polar surface area (TPSA) is 14.0 Å². The fourth-order valence-electron chi connectivity index (χ4n) is 2.20. The van der Waals surface area contributed by atoms with Gasteiger partial charge in [-0.15, -0.1) is 0 Å². The molecule has 0 spiro atoms. The van der Waals surface area contributed by atoms with E-state index in [1.165, 1.54) is 16.1 Å². The molecule has 0 unspecified atom stereocenters. The van der Waals surface area contributed by atoms with Crippen LogP contribution in [0.1, 0.15) is 18.0 Å². The van der Waals surface area contributed by atoms with Crippen LogP contribution in [0.25, 0.3) is 6.08 Å². The van der Waals surface area contributed by atoms with Crippen LogP contribution in [-0.4, -0.2) is 0 Å². The highest BCUT2D eigenvalue weighted by Crippen LogP contribution is 2.12. The van der Waals surface area contributed by atoms with E-state index in [1.807, 2.05) is 0 Å². The van der Waals surface area contributed by atoms with Crippen molar-refractivity contribution in [3.05, 3.63) is 70.7 Å². The van der Waals surface area contributed by atoms with Gasteiger partial charge in [0, 0.05) is 23.3 Å². The quantitative estimate of drug-likeness (QED) is 0.693. The predicted molar refractivity (Wildman–Crippen MR) is 64.0 cm³/mol. The number of nitrogens with one attached hydrogen (secondary N) is 1. The van der Waals surface area contributed by atoms with Crippen molar-refractivity contribution in [1.29, 1.82) is 0 Å². The van der Waals surface area contributed by atoms with Gasteiger partial charge in [0.1, 0.15) is 0 Å². The smallest absolute Gasteiger partial charge is 0.205 e. The molecule has 0 fully saturated rings. The highest BCUT2D eigenvalue weighted by Gasteiger charge is 2.15. The van der Waals surface area contributed by atoms with E-state index < -0.39 is 0 Å². The summed E-state index contributed by atoms with van der Waals surface area (Å²) < 4.78 is 0. The van der Waals surface area contributed by atoms with Gasteiger partial charge in [-0.3, -0.25) is 0 Å². The zero-order valence-electron chi connectivity index (χ0n) is 9.06. The number of fused-ring (bicyclic) bond motifs is 1. The van der Waals surface area contributed by atoms with Gasteiger partial charge < -0.3 is 0 Å². The van der Waals surface area contributed by atoms with Crippen LogP contribution in [0.15, 0.2) is 54.6 Å². The van der Waals surface area contributed by atoms with Gasteiger partial charge in [-0.25, -0.2) is 4.99 Å². The molecule has 3 rings (SSSR count). The summed E-state index contributed by atoms with van der Waals surface area (Å²) in [6, 6.07) is 19.5. The molecule has 1 aliphatic rings. The molecule has 2 aromatic rings. The lowest BCUT2D eigenvalue weighted by molar-refractivity contribution is -0.551. The fourth-order valence-corrected chi connectivity index (χ4v) is 2.20. The van der Waals surface area contributed by atoms with Crippen molar-refractivity contribution in [2.24, 2.45) is 0 Å². The average molecular weight is 208 g/mol. The predicted octanol–water partition coefficient (Wildman–Crippen LogP) is 0.312. The molecule has 78 valence electrons. The first-order chi connectivity index (χ1) is 7.93. The number of hydrogen-bond acceptors (Lipinski definition) is 0. The van der Waals surface area contributed by atoms with Crippen LogP contribution in [-0.2, 0) is 0 Å². The van der Waals surface area contributed by atoms with E-state index in [0.29, 0.717) is 6.04 Å². The third-order valence-electron chi connectivity index (χ3n) is 3.07. The highest BCUT2D eigenvalue weighted by molar-refractivity contribution is 5.28. The van der Waals surface area contributed by atoms with Gasteiger partial charge in [-0.2, -0.15) is 0 Å². The summed E-state index contributed by atoms with van der Waals surface area (Å²) in [5, 5.41) is 2.55. The Kier molecular flexibility index (Phi) is 2.30. The van der Waals surface area contributed by atoms with Crippen molar-refractivity contribution < 1.29 is 4.99 Å². The Morgan fingerprint density at radius 3 is 2.50 bits per heavy atom. The van der Waals surface area contributed by atoms with Crippen LogP contribution < -0.4 is 15.6 Å². The van der Waals surface area contributed by atoms with Crippen molar-refractivity contribution in [2.45, 2.75) is 12.5 Å². The summed E-state index contributed by atoms with van der Waals surface area (Å²) in [4.78, 5) is 3.58. The standard InChI is InChI=1S/C15H13N/c1-2-6-12(7-3-1)15-11-10-13-8-4-5-9-14(13)16-15/h1-10,15H,11H2/p+1/t15-/m0/s1. The van der Waals surface area contributed by atoms with Crippen molar-refractivity contribution in [3.8, 4) is 0 Å². The third-order valence-corrected chi connectivity index (χ3v) is 3.07. The maximum Gasteiger partial charge on any atom is 0.205 e. The molecule has 0 saturated heterocycles. The molecule has 0 bridgehead atoms. The molecule has 0 aromatic heterocycles. The summed E-state index contributed by atoms with van der Waals surface area (Å²) in [5.74, 6) is 0. The van der Waals surface area contributed by atoms with Gasteiger partial charge in [-0.05, 0) is 6.07 Å². The molecule has 16 heavy (non-hydrogen) atoms. The number of rotatable bonds is 1. The van der Waals surface area contributed by atoms with E-state index in [-0.39, 0.29) is 0 Å². The summed E-state index contributed by atoms with van der Waals surface area (Å²) in [6.07, 6.45) is 3.37. The van der Waals surface area contributed by atoms with Crippen LogP contribution >= 0.6 is 0 Å². The minimum absolute atomic E-state index is 0.413. The maximum atomic E-state index is 3.58. The molecule has 1 nitrogen and oxygen atoms in total. The number of benzene rings is 2. The van der Waals surface area contributed by atoms with Gasteiger partial charge in [-0.1, -0.05) is 48.5 Å². The lowest BCUT2D eigenvalue weighted by Gasteiger charge is -2.08. The Bertz CT molecular complexity index is 599. The highest BCUT2D eigenvalue weighted by atomic mass is 14.8. The van der Waals surface area contributed by atoms with Crippen LogP contribution in [0, 0.1) is 0 Å². The fraction of sp³-hybridized carbons (Fsp3) is 0.133. The molecule has 1 heteroatoms. The Labute approximate surface area is 94.8 Å². The van der Waals surface area contributed by atoms with E-state index >= 15 is 0 Å². The Balaban J connectivity index is 2.08. The summed E-state index contributed by atoms with van der Waals surface area (Å²) in [6.45, 7) is 0. The number of para-hydroxylation sites is 1.